The summed E-state index contributed by atoms with van der Waals surface area (Å²) in [5.41, 5.74) is -0.127. The quantitative estimate of drug-likeness (QED) is 0.912. The number of nitrogens with zero attached hydrogens (tertiary/aromatic N) is 1. The summed E-state index contributed by atoms with van der Waals surface area (Å²) in [6, 6.07) is 6.72. The minimum atomic E-state index is -4.07. The van der Waals surface area contributed by atoms with E-state index in [-0.39, 0.29) is 21.4 Å². The molecule has 0 bridgehead atoms. The maximum absolute atomic E-state index is 12.3. The molecule has 0 aliphatic carbocycles. The molecule has 1 aromatic carbocycles. The van der Waals surface area contributed by atoms with Crippen LogP contribution in [0.2, 0.25) is 5.02 Å². The van der Waals surface area contributed by atoms with E-state index in [4.69, 9.17) is 11.6 Å². The van der Waals surface area contributed by atoms with Crippen LogP contribution in [0.4, 0.5) is 14.5 Å². The van der Waals surface area contributed by atoms with E-state index in [1.807, 2.05) is 0 Å². The number of pyridine rings is 1. The van der Waals surface area contributed by atoms with E-state index < -0.39 is 16.6 Å². The molecule has 0 atom stereocenters. The summed E-state index contributed by atoms with van der Waals surface area (Å²) in [5, 5.41) is -0.0373. The number of benzene rings is 1. The number of ether oxygens (including phenoxy) is 1. The molecule has 0 saturated heterocycles. The molecule has 1 aromatic heterocycles. The maximum Gasteiger partial charge on any atom is 0.387 e. The fraction of sp³-hybridized carbons (Fsp3) is 0.0833. The number of aromatic nitrogens is 1. The molecule has 9 heteroatoms. The molecule has 0 aliphatic heterocycles. The molecule has 0 radical (unpaired) electrons. The zero-order valence-electron chi connectivity index (χ0n) is 10.3. The van der Waals surface area contributed by atoms with Gasteiger partial charge in [0, 0.05) is 12.4 Å². The van der Waals surface area contributed by atoms with Crippen LogP contribution in [0.25, 0.3) is 0 Å². The van der Waals surface area contributed by atoms with Crippen LogP contribution in [0.15, 0.2) is 47.6 Å². The monoisotopic (exact) mass is 334 g/mol. The molecule has 0 aliphatic rings. The number of rotatable bonds is 5. The fourth-order valence-electron chi connectivity index (χ4n) is 1.51. The molecule has 0 fully saturated rings. The third-order valence-corrected chi connectivity index (χ3v) is 4.21. The van der Waals surface area contributed by atoms with E-state index >= 15 is 0 Å². The zero-order valence-corrected chi connectivity index (χ0v) is 11.9. The van der Waals surface area contributed by atoms with Crippen molar-refractivity contribution < 1.29 is 21.9 Å². The minimum Gasteiger partial charge on any atom is -0.433 e. The lowest BCUT2D eigenvalue weighted by molar-refractivity contribution is -0.0493. The standard InChI is InChI=1S/C12H9ClF2N2O3S/c13-8-5-6-16-7-11(8)21(18,19)17-9-3-1-2-4-10(9)20-12(14)15/h1-7,12,17H. The Kier molecular flexibility index (Phi) is 4.59. The molecule has 5 nitrogen and oxygen atoms in total. The first-order chi connectivity index (χ1) is 9.90. The highest BCUT2D eigenvalue weighted by atomic mass is 35.5. The first kappa shape index (κ1) is 15.5. The second-order valence-corrected chi connectivity index (χ2v) is 5.84. The third kappa shape index (κ3) is 3.79. The van der Waals surface area contributed by atoms with Crippen molar-refractivity contribution in [2.75, 3.05) is 4.72 Å². The Balaban J connectivity index is 2.36. The van der Waals surface area contributed by atoms with Crippen LogP contribution >= 0.6 is 11.6 Å². The average molecular weight is 335 g/mol. The van der Waals surface area contributed by atoms with Crippen molar-refractivity contribution in [3.63, 3.8) is 0 Å². The fourth-order valence-corrected chi connectivity index (χ4v) is 3.01. The van der Waals surface area contributed by atoms with Gasteiger partial charge in [0.25, 0.3) is 10.0 Å². The van der Waals surface area contributed by atoms with Gasteiger partial charge in [-0.2, -0.15) is 8.78 Å². The Labute approximate surface area is 124 Å². The zero-order chi connectivity index (χ0) is 15.5. The number of para-hydroxylation sites is 2. The summed E-state index contributed by atoms with van der Waals surface area (Å²) in [6.45, 7) is -3.07. The van der Waals surface area contributed by atoms with Gasteiger partial charge in [-0.05, 0) is 18.2 Å². The van der Waals surface area contributed by atoms with Crippen molar-refractivity contribution in [1.82, 2.24) is 4.98 Å². The van der Waals surface area contributed by atoms with Crippen molar-refractivity contribution in [3.05, 3.63) is 47.7 Å². The van der Waals surface area contributed by atoms with Gasteiger partial charge in [-0.15, -0.1) is 0 Å². The Morgan fingerprint density at radius 2 is 1.95 bits per heavy atom. The van der Waals surface area contributed by atoms with Gasteiger partial charge >= 0.3 is 6.61 Å². The predicted molar refractivity (Wildman–Crippen MR) is 73.1 cm³/mol. The Morgan fingerprint density at radius 3 is 2.62 bits per heavy atom. The van der Waals surface area contributed by atoms with Crippen molar-refractivity contribution in [2.45, 2.75) is 11.5 Å². The van der Waals surface area contributed by atoms with Crippen LogP contribution in [-0.2, 0) is 10.0 Å². The normalized spacial score (nSPS) is 11.4. The molecule has 2 aromatic rings. The number of hydrogen-bond acceptors (Lipinski definition) is 4. The van der Waals surface area contributed by atoms with Crippen LogP contribution in [0, 0.1) is 0 Å². The number of sulfonamides is 1. The Morgan fingerprint density at radius 1 is 1.24 bits per heavy atom. The van der Waals surface area contributed by atoms with Crippen LogP contribution in [-0.4, -0.2) is 20.0 Å². The number of alkyl halides is 2. The van der Waals surface area contributed by atoms with E-state index in [0.29, 0.717) is 0 Å². The summed E-state index contributed by atoms with van der Waals surface area (Å²) in [6.07, 6.45) is 2.39. The molecular formula is C12H9ClF2N2O3S. The Hall–Kier alpha value is -1.93. The van der Waals surface area contributed by atoms with Crippen LogP contribution in [0.1, 0.15) is 0 Å². The molecule has 1 heterocycles. The van der Waals surface area contributed by atoms with Crippen LogP contribution in [0.3, 0.4) is 0 Å². The highest BCUT2D eigenvalue weighted by Crippen LogP contribution is 2.29. The lowest BCUT2D eigenvalue weighted by Gasteiger charge is -2.13. The summed E-state index contributed by atoms with van der Waals surface area (Å²) in [7, 11) is -4.07. The van der Waals surface area contributed by atoms with E-state index in [1.165, 1.54) is 36.5 Å². The van der Waals surface area contributed by atoms with E-state index in [1.54, 1.807) is 0 Å². The second kappa shape index (κ2) is 6.23. The average Bonchev–Trinajstić information content (AvgIpc) is 2.40. The summed E-state index contributed by atoms with van der Waals surface area (Å²) in [5.74, 6) is -0.295. The molecule has 0 spiro atoms. The van der Waals surface area contributed by atoms with Gasteiger partial charge in [0.15, 0.2) is 0 Å². The molecule has 2 rings (SSSR count). The van der Waals surface area contributed by atoms with Crippen molar-refractivity contribution in [3.8, 4) is 5.75 Å². The van der Waals surface area contributed by atoms with Crippen molar-refractivity contribution in [1.29, 1.82) is 0 Å². The first-order valence-electron chi connectivity index (χ1n) is 5.56. The highest BCUT2D eigenvalue weighted by Gasteiger charge is 2.20. The Bertz CT molecular complexity index is 741. The van der Waals surface area contributed by atoms with Gasteiger partial charge < -0.3 is 4.74 Å². The lowest BCUT2D eigenvalue weighted by Crippen LogP contribution is -2.15. The number of hydrogen-bond donors (Lipinski definition) is 1. The molecule has 0 unspecified atom stereocenters. The number of nitrogens with one attached hydrogen (secondary N) is 1. The van der Waals surface area contributed by atoms with E-state index in [0.717, 1.165) is 6.20 Å². The molecule has 0 amide bonds. The molecule has 112 valence electrons. The summed E-state index contributed by atoms with van der Waals surface area (Å²) >= 11 is 5.79. The van der Waals surface area contributed by atoms with Gasteiger partial charge in [0.2, 0.25) is 0 Å². The van der Waals surface area contributed by atoms with E-state index in [2.05, 4.69) is 14.4 Å². The minimum absolute atomic E-state index is 0.0373. The van der Waals surface area contributed by atoms with Crippen LogP contribution < -0.4 is 9.46 Å². The van der Waals surface area contributed by atoms with Gasteiger partial charge in [0.05, 0.1) is 10.7 Å². The number of halogens is 3. The van der Waals surface area contributed by atoms with Gasteiger partial charge in [-0.3, -0.25) is 9.71 Å². The highest BCUT2D eigenvalue weighted by molar-refractivity contribution is 7.92. The smallest absolute Gasteiger partial charge is 0.387 e. The topological polar surface area (TPSA) is 68.3 Å². The third-order valence-electron chi connectivity index (χ3n) is 2.37. The SMILES string of the molecule is O=S(=O)(Nc1ccccc1OC(F)F)c1cnccc1Cl. The van der Waals surface area contributed by atoms with Gasteiger partial charge in [-0.25, -0.2) is 8.42 Å². The molecule has 0 saturated carbocycles. The lowest BCUT2D eigenvalue weighted by atomic mass is 10.3. The first-order valence-corrected chi connectivity index (χ1v) is 7.42. The number of anilines is 1. The van der Waals surface area contributed by atoms with Gasteiger partial charge in [-0.1, -0.05) is 23.7 Å². The molecule has 1 N–H and O–H groups in total. The van der Waals surface area contributed by atoms with Crippen molar-refractivity contribution >= 4 is 27.3 Å². The largest absolute Gasteiger partial charge is 0.433 e. The van der Waals surface area contributed by atoms with E-state index in [9.17, 15) is 17.2 Å². The molecular weight excluding hydrogens is 326 g/mol. The van der Waals surface area contributed by atoms with Gasteiger partial charge in [0.1, 0.15) is 10.6 Å². The predicted octanol–water partition coefficient (Wildman–Crippen LogP) is 3.14. The van der Waals surface area contributed by atoms with Crippen molar-refractivity contribution in [2.24, 2.45) is 0 Å². The summed E-state index contributed by atoms with van der Waals surface area (Å²) < 4.78 is 55.3. The van der Waals surface area contributed by atoms with Crippen LogP contribution in [0.5, 0.6) is 5.75 Å². The maximum atomic E-state index is 12.3. The summed E-state index contributed by atoms with van der Waals surface area (Å²) in [4.78, 5) is 3.40. The molecule has 21 heavy (non-hydrogen) atoms. The second-order valence-electron chi connectivity index (χ2n) is 3.79.